The van der Waals surface area contributed by atoms with E-state index >= 15 is 0 Å². The second-order valence-corrected chi connectivity index (χ2v) is 6.91. The second-order valence-electron chi connectivity index (χ2n) is 5.23. The van der Waals surface area contributed by atoms with Gasteiger partial charge in [0.15, 0.2) is 0 Å². The number of hydrogen-bond acceptors (Lipinski definition) is 4. The summed E-state index contributed by atoms with van der Waals surface area (Å²) in [4.78, 5) is 0.0604. The average Bonchev–Trinajstić information content (AvgIpc) is 2.54. The van der Waals surface area contributed by atoms with Crippen LogP contribution in [0.1, 0.15) is 24.1 Å². The van der Waals surface area contributed by atoms with Gasteiger partial charge in [0, 0.05) is 12.1 Å². The van der Waals surface area contributed by atoms with Crippen molar-refractivity contribution in [2.75, 3.05) is 14.2 Å². The number of hydrogen-bond donors (Lipinski definition) is 1. The van der Waals surface area contributed by atoms with Crippen LogP contribution in [-0.2, 0) is 10.0 Å². The van der Waals surface area contributed by atoms with Gasteiger partial charge in [0.25, 0.3) is 0 Å². The lowest BCUT2D eigenvalue weighted by Gasteiger charge is -2.17. The van der Waals surface area contributed by atoms with E-state index in [1.165, 1.54) is 20.3 Å². The number of sulfonamides is 1. The van der Waals surface area contributed by atoms with Gasteiger partial charge in [-0.3, -0.25) is 0 Å². The Bertz CT molecular complexity index is 773. The molecule has 6 heteroatoms. The zero-order valence-corrected chi connectivity index (χ0v) is 14.5. The van der Waals surface area contributed by atoms with Crippen LogP contribution in [0.15, 0.2) is 47.4 Å². The minimum atomic E-state index is -3.75. The number of nitrogens with one attached hydrogen (secondary N) is 1. The van der Waals surface area contributed by atoms with Gasteiger partial charge in [0.1, 0.15) is 16.4 Å². The topological polar surface area (TPSA) is 64.6 Å². The van der Waals surface area contributed by atoms with Gasteiger partial charge >= 0.3 is 0 Å². The van der Waals surface area contributed by atoms with Gasteiger partial charge in [-0.15, -0.1) is 0 Å². The summed E-state index contributed by atoms with van der Waals surface area (Å²) in [7, 11) is -0.804. The molecule has 1 atom stereocenters. The van der Waals surface area contributed by atoms with Crippen LogP contribution in [0.5, 0.6) is 11.5 Å². The third-order valence-electron chi connectivity index (χ3n) is 3.60. The standard InChI is InChI=1S/C17H21NO4S/c1-12-10-16(22-4)17(11-15(12)21-3)23(19,20)18-13(2)14-8-6-5-7-9-14/h5-11,13,18H,1-4H3/t13-/m1/s1. The molecule has 0 aliphatic heterocycles. The summed E-state index contributed by atoms with van der Waals surface area (Å²) < 4.78 is 38.6. The summed E-state index contributed by atoms with van der Waals surface area (Å²) in [5, 5.41) is 0. The van der Waals surface area contributed by atoms with E-state index in [0.717, 1.165) is 11.1 Å². The monoisotopic (exact) mass is 335 g/mol. The van der Waals surface area contributed by atoms with E-state index < -0.39 is 10.0 Å². The van der Waals surface area contributed by atoms with Crippen LogP contribution < -0.4 is 14.2 Å². The average molecular weight is 335 g/mol. The van der Waals surface area contributed by atoms with E-state index in [1.807, 2.05) is 37.3 Å². The fraction of sp³-hybridized carbons (Fsp3) is 0.294. The zero-order valence-electron chi connectivity index (χ0n) is 13.7. The third-order valence-corrected chi connectivity index (χ3v) is 5.16. The highest BCUT2D eigenvalue weighted by molar-refractivity contribution is 7.89. The molecule has 0 amide bonds. The minimum Gasteiger partial charge on any atom is -0.496 e. The molecule has 2 rings (SSSR count). The Morgan fingerprint density at radius 3 is 2.17 bits per heavy atom. The van der Waals surface area contributed by atoms with Gasteiger partial charge in [-0.2, -0.15) is 0 Å². The van der Waals surface area contributed by atoms with Crippen LogP contribution >= 0.6 is 0 Å². The van der Waals surface area contributed by atoms with Gasteiger partial charge in [-0.1, -0.05) is 30.3 Å². The molecular weight excluding hydrogens is 314 g/mol. The van der Waals surface area contributed by atoms with Crippen LogP contribution in [0.4, 0.5) is 0 Å². The fourth-order valence-corrected chi connectivity index (χ4v) is 3.74. The van der Waals surface area contributed by atoms with E-state index in [-0.39, 0.29) is 16.7 Å². The molecule has 0 fully saturated rings. The van der Waals surface area contributed by atoms with Crippen molar-refractivity contribution in [1.82, 2.24) is 4.72 Å². The Labute approximate surface area is 137 Å². The molecule has 2 aromatic carbocycles. The van der Waals surface area contributed by atoms with Crippen LogP contribution in [-0.4, -0.2) is 22.6 Å². The smallest absolute Gasteiger partial charge is 0.244 e. The first kappa shape index (κ1) is 17.3. The predicted octanol–water partition coefficient (Wildman–Crippen LogP) is 3.05. The van der Waals surface area contributed by atoms with Crippen LogP contribution in [0, 0.1) is 6.92 Å². The summed E-state index contributed by atoms with van der Waals surface area (Å²) in [5.41, 5.74) is 1.69. The highest BCUT2D eigenvalue weighted by atomic mass is 32.2. The molecule has 23 heavy (non-hydrogen) atoms. The predicted molar refractivity (Wildman–Crippen MR) is 89.5 cm³/mol. The molecule has 124 valence electrons. The summed E-state index contributed by atoms with van der Waals surface area (Å²) in [6.45, 7) is 3.63. The molecule has 0 spiro atoms. The van der Waals surface area contributed by atoms with Crippen molar-refractivity contribution in [3.05, 3.63) is 53.6 Å². The van der Waals surface area contributed by atoms with E-state index in [0.29, 0.717) is 5.75 Å². The molecule has 0 unspecified atom stereocenters. The van der Waals surface area contributed by atoms with E-state index in [1.54, 1.807) is 13.0 Å². The van der Waals surface area contributed by atoms with Gasteiger partial charge in [-0.25, -0.2) is 13.1 Å². The summed E-state index contributed by atoms with van der Waals surface area (Å²) >= 11 is 0. The Hall–Kier alpha value is -2.05. The van der Waals surface area contributed by atoms with Crippen molar-refractivity contribution < 1.29 is 17.9 Å². The SMILES string of the molecule is COc1cc(S(=O)(=O)N[C@H](C)c2ccccc2)c(OC)cc1C. The van der Waals surface area contributed by atoms with Crippen LogP contribution in [0.3, 0.4) is 0 Å². The molecule has 0 saturated carbocycles. The number of aryl methyl sites for hydroxylation is 1. The van der Waals surface area contributed by atoms with Gasteiger partial charge in [-0.05, 0) is 31.0 Å². The summed E-state index contributed by atoms with van der Waals surface area (Å²) in [6.07, 6.45) is 0. The van der Waals surface area contributed by atoms with Crippen LogP contribution in [0.2, 0.25) is 0 Å². The van der Waals surface area contributed by atoms with Crippen molar-refractivity contribution in [3.8, 4) is 11.5 Å². The van der Waals surface area contributed by atoms with Crippen molar-refractivity contribution >= 4 is 10.0 Å². The lowest BCUT2D eigenvalue weighted by atomic mass is 10.1. The highest BCUT2D eigenvalue weighted by Crippen LogP contribution is 2.32. The fourth-order valence-electron chi connectivity index (χ4n) is 2.34. The third kappa shape index (κ3) is 3.83. The van der Waals surface area contributed by atoms with Crippen molar-refractivity contribution in [3.63, 3.8) is 0 Å². The molecule has 0 radical (unpaired) electrons. The molecule has 0 aliphatic carbocycles. The molecule has 0 bridgehead atoms. The van der Waals surface area contributed by atoms with Crippen molar-refractivity contribution in [2.24, 2.45) is 0 Å². The quantitative estimate of drug-likeness (QED) is 0.881. The second kappa shape index (κ2) is 7.02. The Morgan fingerprint density at radius 1 is 1.00 bits per heavy atom. The Balaban J connectivity index is 2.39. The van der Waals surface area contributed by atoms with Crippen molar-refractivity contribution in [1.29, 1.82) is 0 Å². The largest absolute Gasteiger partial charge is 0.496 e. The molecule has 0 aromatic heterocycles. The maximum atomic E-state index is 12.7. The zero-order chi connectivity index (χ0) is 17.0. The molecule has 0 saturated heterocycles. The number of methoxy groups -OCH3 is 2. The Morgan fingerprint density at radius 2 is 1.61 bits per heavy atom. The van der Waals surface area contributed by atoms with E-state index in [2.05, 4.69) is 4.72 Å². The van der Waals surface area contributed by atoms with Crippen LogP contribution in [0.25, 0.3) is 0 Å². The molecule has 0 aliphatic rings. The minimum absolute atomic E-state index is 0.0604. The van der Waals surface area contributed by atoms with Gasteiger partial charge in [0.2, 0.25) is 10.0 Å². The van der Waals surface area contributed by atoms with Gasteiger partial charge < -0.3 is 9.47 Å². The molecule has 5 nitrogen and oxygen atoms in total. The van der Waals surface area contributed by atoms with E-state index in [4.69, 9.17) is 9.47 Å². The highest BCUT2D eigenvalue weighted by Gasteiger charge is 2.24. The molecule has 0 heterocycles. The van der Waals surface area contributed by atoms with E-state index in [9.17, 15) is 8.42 Å². The number of ether oxygens (including phenoxy) is 2. The summed E-state index contributed by atoms with van der Waals surface area (Å²) in [6, 6.07) is 12.2. The first-order valence-corrected chi connectivity index (χ1v) is 8.67. The normalized spacial score (nSPS) is 12.7. The summed E-state index contributed by atoms with van der Waals surface area (Å²) in [5.74, 6) is 0.787. The van der Waals surface area contributed by atoms with Crippen molar-refractivity contribution in [2.45, 2.75) is 24.8 Å². The molecular formula is C17H21NO4S. The molecule has 2 aromatic rings. The maximum absolute atomic E-state index is 12.7. The maximum Gasteiger partial charge on any atom is 0.244 e. The Kier molecular flexibility index (Phi) is 5.28. The number of benzene rings is 2. The lowest BCUT2D eigenvalue weighted by molar-refractivity contribution is 0.389. The van der Waals surface area contributed by atoms with Gasteiger partial charge in [0.05, 0.1) is 14.2 Å². The first-order chi connectivity index (χ1) is 10.9. The molecule has 1 N–H and O–H groups in total. The first-order valence-electron chi connectivity index (χ1n) is 7.19. The lowest BCUT2D eigenvalue weighted by Crippen LogP contribution is -2.27. The number of rotatable bonds is 6.